The van der Waals surface area contributed by atoms with Crippen LogP contribution < -0.4 is 5.32 Å². The maximum atomic E-state index is 6.17. The molecule has 3 aliphatic rings. The molecule has 1 saturated heterocycles. The van der Waals surface area contributed by atoms with E-state index in [0.29, 0.717) is 11.5 Å². The molecule has 1 heterocycles. The normalized spacial score (nSPS) is 37.2. The van der Waals surface area contributed by atoms with Crippen LogP contribution in [0.4, 0.5) is 0 Å². The van der Waals surface area contributed by atoms with E-state index >= 15 is 0 Å². The molecule has 0 aromatic rings. The van der Waals surface area contributed by atoms with Crippen LogP contribution in [-0.4, -0.2) is 25.8 Å². The Bertz CT molecular complexity index is 283. The zero-order valence-electron chi connectivity index (χ0n) is 12.1. The zero-order chi connectivity index (χ0) is 12.6. The minimum Gasteiger partial charge on any atom is -0.377 e. The Labute approximate surface area is 112 Å². The van der Waals surface area contributed by atoms with Crippen molar-refractivity contribution in [3.05, 3.63) is 0 Å². The highest BCUT2D eigenvalue weighted by molar-refractivity contribution is 5.05. The Balaban J connectivity index is 1.66. The van der Waals surface area contributed by atoms with Gasteiger partial charge in [0.25, 0.3) is 0 Å². The second-order valence-corrected chi connectivity index (χ2v) is 7.26. The van der Waals surface area contributed by atoms with Gasteiger partial charge in [-0.15, -0.1) is 0 Å². The lowest BCUT2D eigenvalue weighted by Gasteiger charge is -2.46. The number of hydrogen-bond donors (Lipinski definition) is 1. The lowest BCUT2D eigenvalue weighted by molar-refractivity contribution is -0.0245. The van der Waals surface area contributed by atoms with Gasteiger partial charge in [0, 0.05) is 18.6 Å². The molecule has 0 aromatic carbocycles. The summed E-state index contributed by atoms with van der Waals surface area (Å²) in [7, 11) is 0. The Kier molecular flexibility index (Phi) is 3.68. The van der Waals surface area contributed by atoms with Gasteiger partial charge in [0.05, 0.1) is 6.10 Å². The van der Waals surface area contributed by atoms with Gasteiger partial charge >= 0.3 is 0 Å². The lowest BCUT2D eigenvalue weighted by atomic mass is 9.61. The van der Waals surface area contributed by atoms with Crippen molar-refractivity contribution in [2.24, 2.45) is 23.2 Å². The number of nitrogens with one attached hydrogen (secondary N) is 1. The molecule has 18 heavy (non-hydrogen) atoms. The first-order chi connectivity index (χ1) is 8.72. The van der Waals surface area contributed by atoms with Crippen molar-refractivity contribution < 1.29 is 4.74 Å². The fourth-order valence-corrected chi connectivity index (χ4v) is 4.04. The van der Waals surface area contributed by atoms with Crippen molar-refractivity contribution in [1.29, 1.82) is 0 Å². The highest BCUT2D eigenvalue weighted by Gasteiger charge is 2.55. The fraction of sp³-hybridized carbons (Fsp3) is 1.00. The zero-order valence-corrected chi connectivity index (χ0v) is 12.1. The van der Waals surface area contributed by atoms with Gasteiger partial charge in [0.15, 0.2) is 0 Å². The fourth-order valence-electron chi connectivity index (χ4n) is 4.04. The van der Waals surface area contributed by atoms with Crippen molar-refractivity contribution >= 4 is 0 Å². The summed E-state index contributed by atoms with van der Waals surface area (Å²) in [5.74, 6) is 2.60. The van der Waals surface area contributed by atoms with Crippen LogP contribution >= 0.6 is 0 Å². The monoisotopic (exact) mass is 251 g/mol. The quantitative estimate of drug-likeness (QED) is 0.782. The Morgan fingerprint density at radius 2 is 2.00 bits per heavy atom. The van der Waals surface area contributed by atoms with Gasteiger partial charge in [-0.25, -0.2) is 0 Å². The molecule has 3 fully saturated rings. The van der Waals surface area contributed by atoms with Crippen LogP contribution in [0.1, 0.15) is 52.4 Å². The summed E-state index contributed by atoms with van der Waals surface area (Å²) in [6, 6.07) is 0. The summed E-state index contributed by atoms with van der Waals surface area (Å²) in [4.78, 5) is 0. The molecule has 1 N–H and O–H groups in total. The molecule has 3 rings (SSSR count). The van der Waals surface area contributed by atoms with E-state index in [0.717, 1.165) is 30.9 Å². The summed E-state index contributed by atoms with van der Waals surface area (Å²) in [5.41, 5.74) is 0.494. The van der Waals surface area contributed by atoms with Gasteiger partial charge < -0.3 is 10.1 Å². The van der Waals surface area contributed by atoms with E-state index in [1.807, 2.05) is 0 Å². The summed E-state index contributed by atoms with van der Waals surface area (Å²) < 4.78 is 6.17. The molecule has 2 nitrogen and oxygen atoms in total. The van der Waals surface area contributed by atoms with Crippen molar-refractivity contribution in [1.82, 2.24) is 5.32 Å². The van der Waals surface area contributed by atoms with E-state index < -0.39 is 0 Å². The predicted octanol–water partition coefficient (Wildman–Crippen LogP) is 3.22. The molecule has 104 valence electrons. The SMILES string of the molecule is CC(C)CNCC1(C2CCC2)CCOC1C1CC1. The molecule has 0 aromatic heterocycles. The van der Waals surface area contributed by atoms with Gasteiger partial charge in [0.2, 0.25) is 0 Å². The minimum absolute atomic E-state index is 0.494. The first-order valence-electron chi connectivity index (χ1n) is 8.05. The lowest BCUT2D eigenvalue weighted by Crippen LogP contribution is -2.49. The first-order valence-corrected chi connectivity index (χ1v) is 8.05. The maximum Gasteiger partial charge on any atom is 0.0675 e. The van der Waals surface area contributed by atoms with Gasteiger partial charge in [-0.1, -0.05) is 20.3 Å². The van der Waals surface area contributed by atoms with E-state index in [9.17, 15) is 0 Å². The van der Waals surface area contributed by atoms with Crippen LogP contribution in [-0.2, 0) is 4.74 Å². The smallest absolute Gasteiger partial charge is 0.0675 e. The van der Waals surface area contributed by atoms with E-state index in [2.05, 4.69) is 19.2 Å². The van der Waals surface area contributed by atoms with Crippen molar-refractivity contribution in [3.63, 3.8) is 0 Å². The highest BCUT2D eigenvalue weighted by atomic mass is 16.5. The number of rotatable bonds is 6. The Morgan fingerprint density at radius 1 is 1.22 bits per heavy atom. The molecule has 2 heteroatoms. The van der Waals surface area contributed by atoms with E-state index in [-0.39, 0.29) is 0 Å². The van der Waals surface area contributed by atoms with E-state index in [1.54, 1.807) is 0 Å². The van der Waals surface area contributed by atoms with Crippen LogP contribution in [0.2, 0.25) is 0 Å². The number of ether oxygens (including phenoxy) is 1. The average Bonchev–Trinajstić information content (AvgIpc) is 2.99. The third-order valence-electron chi connectivity index (χ3n) is 5.41. The minimum atomic E-state index is 0.494. The Morgan fingerprint density at radius 3 is 2.56 bits per heavy atom. The van der Waals surface area contributed by atoms with E-state index in [4.69, 9.17) is 4.74 Å². The summed E-state index contributed by atoms with van der Waals surface area (Å²) in [6.45, 7) is 7.98. The van der Waals surface area contributed by atoms with E-state index in [1.165, 1.54) is 45.1 Å². The molecule has 0 amide bonds. The topological polar surface area (TPSA) is 21.3 Å². The van der Waals surface area contributed by atoms with Crippen LogP contribution in [0, 0.1) is 23.2 Å². The number of hydrogen-bond acceptors (Lipinski definition) is 2. The van der Waals surface area contributed by atoms with Crippen molar-refractivity contribution in [2.45, 2.75) is 58.5 Å². The molecule has 2 atom stereocenters. The van der Waals surface area contributed by atoms with Gasteiger partial charge in [-0.05, 0) is 56.4 Å². The Hall–Kier alpha value is -0.0800. The first kappa shape index (κ1) is 12.9. The average molecular weight is 251 g/mol. The van der Waals surface area contributed by atoms with Gasteiger partial charge in [-0.2, -0.15) is 0 Å². The molecule has 0 bridgehead atoms. The van der Waals surface area contributed by atoms with Crippen LogP contribution in [0.5, 0.6) is 0 Å². The largest absolute Gasteiger partial charge is 0.377 e. The highest BCUT2D eigenvalue weighted by Crippen LogP contribution is 2.56. The van der Waals surface area contributed by atoms with Crippen LogP contribution in [0.25, 0.3) is 0 Å². The third kappa shape index (κ3) is 2.34. The third-order valence-corrected chi connectivity index (χ3v) is 5.41. The van der Waals surface area contributed by atoms with Crippen molar-refractivity contribution in [2.75, 3.05) is 19.7 Å². The molecule has 1 aliphatic heterocycles. The molecular weight excluding hydrogens is 222 g/mol. The summed E-state index contributed by atoms with van der Waals surface area (Å²) in [6.07, 6.45) is 9.10. The second-order valence-electron chi connectivity index (χ2n) is 7.26. The molecule has 2 aliphatic carbocycles. The van der Waals surface area contributed by atoms with Crippen molar-refractivity contribution in [3.8, 4) is 0 Å². The molecule has 2 unspecified atom stereocenters. The van der Waals surface area contributed by atoms with Crippen LogP contribution in [0.3, 0.4) is 0 Å². The standard InChI is InChI=1S/C16H29NO/c1-12(2)10-17-11-16(14-4-3-5-14)8-9-18-15(16)13-6-7-13/h12-15,17H,3-11H2,1-2H3. The van der Waals surface area contributed by atoms with Gasteiger partial charge in [0.1, 0.15) is 0 Å². The second kappa shape index (κ2) is 5.13. The molecule has 0 spiro atoms. The molecule has 2 saturated carbocycles. The molecular formula is C16H29NO. The summed E-state index contributed by atoms with van der Waals surface area (Å²) >= 11 is 0. The van der Waals surface area contributed by atoms with Gasteiger partial charge in [-0.3, -0.25) is 0 Å². The summed E-state index contributed by atoms with van der Waals surface area (Å²) in [5, 5.41) is 3.75. The van der Waals surface area contributed by atoms with Crippen LogP contribution in [0.15, 0.2) is 0 Å². The maximum absolute atomic E-state index is 6.17. The molecule has 0 radical (unpaired) electrons. The predicted molar refractivity (Wildman–Crippen MR) is 74.6 cm³/mol.